The third kappa shape index (κ3) is 21.9. The van der Waals surface area contributed by atoms with Crippen molar-refractivity contribution in [2.24, 2.45) is 5.73 Å². The molecular weight excluding hydrogens is 522 g/mol. The van der Waals surface area contributed by atoms with Gasteiger partial charge in [0.15, 0.2) is 0 Å². The maximum Gasteiger partial charge on any atom is 0.333 e. The quantitative estimate of drug-likeness (QED) is 0.0409. The fourth-order valence-corrected chi connectivity index (χ4v) is 3.71. The van der Waals surface area contributed by atoms with Crippen molar-refractivity contribution in [1.82, 2.24) is 10.6 Å². The average Bonchev–Trinajstić information content (AvgIpc) is 2.90. The minimum absolute atomic E-state index is 0.0522. The second-order valence-electron chi connectivity index (χ2n) is 9.33. The molecule has 39 heavy (non-hydrogen) atoms. The number of carboxylic acids is 1. The molecule has 0 bridgehead atoms. The second-order valence-corrected chi connectivity index (χ2v) is 9.70. The van der Waals surface area contributed by atoms with E-state index in [0.29, 0.717) is 6.42 Å². The van der Waals surface area contributed by atoms with Gasteiger partial charge in [-0.3, -0.25) is 19.2 Å². The van der Waals surface area contributed by atoms with Crippen molar-refractivity contribution in [2.45, 2.75) is 109 Å². The number of allylic oxidation sites excluding steroid dienone is 4. The van der Waals surface area contributed by atoms with Crippen LogP contribution in [0.4, 0.5) is 0 Å². The maximum absolute atomic E-state index is 12.2. The van der Waals surface area contributed by atoms with Crippen LogP contribution in [0.2, 0.25) is 0 Å². The molecule has 0 saturated carbocycles. The topological polar surface area (TPSA) is 165 Å². The summed E-state index contributed by atoms with van der Waals surface area (Å²) in [6.07, 6.45) is 20.4. The number of aliphatic carboxylic acids is 1. The van der Waals surface area contributed by atoms with Crippen molar-refractivity contribution in [2.75, 3.05) is 12.3 Å². The van der Waals surface area contributed by atoms with Crippen LogP contribution in [0.5, 0.6) is 0 Å². The number of carbonyl (C=O) groups excluding carboxylic acids is 4. The van der Waals surface area contributed by atoms with Gasteiger partial charge in [0, 0.05) is 18.6 Å². The molecule has 2 unspecified atom stereocenters. The predicted molar refractivity (Wildman–Crippen MR) is 154 cm³/mol. The van der Waals surface area contributed by atoms with Crippen molar-refractivity contribution in [1.29, 1.82) is 0 Å². The van der Waals surface area contributed by atoms with Gasteiger partial charge in [-0.25, -0.2) is 4.79 Å². The minimum Gasteiger partial charge on any atom is -0.480 e. The Morgan fingerprint density at radius 2 is 1.49 bits per heavy atom. The first-order valence-corrected chi connectivity index (χ1v) is 14.5. The highest BCUT2D eigenvalue weighted by Crippen LogP contribution is 2.09. The molecule has 0 spiro atoms. The lowest BCUT2D eigenvalue weighted by molar-refractivity contribution is -0.159. The summed E-state index contributed by atoms with van der Waals surface area (Å²) in [5.74, 6) is -4.07. The highest BCUT2D eigenvalue weighted by Gasteiger charge is 2.22. The third-order valence-corrected chi connectivity index (χ3v) is 6.17. The van der Waals surface area contributed by atoms with Crippen molar-refractivity contribution in [3.63, 3.8) is 0 Å². The van der Waals surface area contributed by atoms with Crippen LogP contribution in [0.15, 0.2) is 24.3 Å². The van der Waals surface area contributed by atoms with Crippen LogP contribution in [0.3, 0.4) is 0 Å². The van der Waals surface area contributed by atoms with Crippen molar-refractivity contribution >= 4 is 42.4 Å². The number of hydrogen-bond donors (Lipinski definition) is 5. The number of esters is 2. The molecule has 11 heteroatoms. The predicted octanol–water partition coefficient (Wildman–Crippen LogP) is 3.59. The fraction of sp³-hybridized carbons (Fsp3) is 0.679. The molecule has 0 aromatic heterocycles. The number of ether oxygens (including phenoxy) is 1. The van der Waals surface area contributed by atoms with Gasteiger partial charge in [0.2, 0.25) is 11.8 Å². The zero-order chi connectivity index (χ0) is 29.3. The molecule has 0 aromatic carbocycles. The number of carbonyl (C=O) groups is 5. The van der Waals surface area contributed by atoms with E-state index in [1.165, 1.54) is 19.3 Å². The summed E-state index contributed by atoms with van der Waals surface area (Å²) in [6, 6.07) is -2.23. The first-order chi connectivity index (χ1) is 18.7. The lowest BCUT2D eigenvalue weighted by Gasteiger charge is -2.16. The van der Waals surface area contributed by atoms with Crippen LogP contribution >= 0.6 is 12.6 Å². The van der Waals surface area contributed by atoms with E-state index in [9.17, 15) is 24.0 Å². The summed E-state index contributed by atoms with van der Waals surface area (Å²) in [5, 5.41) is 13.4. The lowest BCUT2D eigenvalue weighted by atomic mass is 10.1. The first kappa shape index (κ1) is 36.3. The van der Waals surface area contributed by atoms with Gasteiger partial charge in [0.05, 0.1) is 0 Å². The highest BCUT2D eigenvalue weighted by molar-refractivity contribution is 7.80. The number of amides is 2. The number of rotatable bonds is 23. The largest absolute Gasteiger partial charge is 0.480 e. The second kappa shape index (κ2) is 24.4. The van der Waals surface area contributed by atoms with E-state index < -0.39 is 48.4 Å². The fourth-order valence-electron chi connectivity index (χ4n) is 3.45. The van der Waals surface area contributed by atoms with E-state index in [0.717, 1.165) is 44.9 Å². The lowest BCUT2D eigenvalue weighted by Crippen LogP contribution is -2.49. The number of nitrogens with two attached hydrogens (primary N) is 1. The Morgan fingerprint density at radius 1 is 0.872 bits per heavy atom. The van der Waals surface area contributed by atoms with E-state index in [1.807, 2.05) is 0 Å². The number of unbranched alkanes of at least 4 members (excludes halogenated alkanes) is 8. The normalized spacial score (nSPS) is 12.8. The van der Waals surface area contributed by atoms with E-state index >= 15 is 0 Å². The van der Waals surface area contributed by atoms with Crippen LogP contribution in [0, 0.1) is 0 Å². The molecule has 2 amide bonds. The molecule has 0 aromatic rings. The molecule has 0 aliphatic carbocycles. The number of nitrogens with one attached hydrogen (secondary N) is 2. The van der Waals surface area contributed by atoms with Crippen LogP contribution in [-0.4, -0.2) is 59.2 Å². The van der Waals surface area contributed by atoms with Gasteiger partial charge < -0.3 is 26.2 Å². The van der Waals surface area contributed by atoms with Gasteiger partial charge in [-0.2, -0.15) is 12.6 Å². The standard InChI is InChI=1S/C28H47N3O7S/c1-2-3-4-5-6-7-8-9-10-11-12-13-14-15-16-17-25(33)38-26(34)20-30-27(35)23(21-39)31-24(32)19-18-22(29)28(36)37/h6-7,9-10,22-23,39H,2-5,8,11-21,29H2,1H3,(H,30,35)(H,31,32)(H,36,37)/b7-6-,10-9-. The van der Waals surface area contributed by atoms with Gasteiger partial charge >= 0.3 is 17.9 Å². The molecule has 0 rings (SSSR count). The van der Waals surface area contributed by atoms with Gasteiger partial charge in [-0.1, -0.05) is 63.3 Å². The number of thiol groups is 1. The summed E-state index contributed by atoms with van der Waals surface area (Å²) in [6.45, 7) is 1.68. The maximum atomic E-state index is 12.2. The number of hydrogen-bond acceptors (Lipinski definition) is 8. The van der Waals surface area contributed by atoms with Crippen molar-refractivity contribution < 1.29 is 33.8 Å². The Balaban J connectivity index is 3.90. The number of carboxylic acid groups (broad SMARTS) is 1. The monoisotopic (exact) mass is 569 g/mol. The third-order valence-electron chi connectivity index (χ3n) is 5.80. The van der Waals surface area contributed by atoms with E-state index in [2.05, 4.69) is 54.5 Å². The van der Waals surface area contributed by atoms with Gasteiger partial charge in [-0.15, -0.1) is 0 Å². The molecule has 0 aliphatic heterocycles. The molecule has 0 radical (unpaired) electrons. The molecule has 0 aliphatic rings. The smallest absolute Gasteiger partial charge is 0.333 e. The van der Waals surface area contributed by atoms with Gasteiger partial charge in [-0.05, 0) is 44.9 Å². The van der Waals surface area contributed by atoms with E-state index in [1.54, 1.807) is 0 Å². The molecule has 2 atom stereocenters. The Hall–Kier alpha value is -2.66. The Morgan fingerprint density at radius 3 is 2.10 bits per heavy atom. The molecule has 10 nitrogen and oxygen atoms in total. The molecular formula is C28H47N3O7S. The summed E-state index contributed by atoms with van der Waals surface area (Å²) in [7, 11) is 0. The Bertz CT molecular complexity index is 802. The summed E-state index contributed by atoms with van der Waals surface area (Å²) in [4.78, 5) is 58.5. The highest BCUT2D eigenvalue weighted by atomic mass is 32.1. The van der Waals surface area contributed by atoms with Gasteiger partial charge in [0.1, 0.15) is 18.6 Å². The average molecular weight is 570 g/mol. The SMILES string of the molecule is CCCCC/C=C\C/C=C\CCCCCCCC(=O)OC(=O)CNC(=O)C(CS)NC(=O)CCC(N)C(=O)O. The molecule has 222 valence electrons. The Labute approximate surface area is 238 Å². The van der Waals surface area contributed by atoms with E-state index in [4.69, 9.17) is 15.6 Å². The van der Waals surface area contributed by atoms with E-state index in [-0.39, 0.29) is 25.0 Å². The minimum atomic E-state index is -1.23. The molecule has 0 saturated heterocycles. The zero-order valence-electron chi connectivity index (χ0n) is 23.2. The molecule has 0 heterocycles. The summed E-state index contributed by atoms with van der Waals surface area (Å²) < 4.78 is 4.72. The van der Waals surface area contributed by atoms with Gasteiger partial charge in [0.25, 0.3) is 0 Å². The molecule has 0 fully saturated rings. The summed E-state index contributed by atoms with van der Waals surface area (Å²) in [5.41, 5.74) is 5.34. The van der Waals surface area contributed by atoms with Crippen LogP contribution in [-0.2, 0) is 28.7 Å². The first-order valence-electron chi connectivity index (χ1n) is 13.9. The van der Waals surface area contributed by atoms with Crippen LogP contribution in [0.25, 0.3) is 0 Å². The Kier molecular flexibility index (Phi) is 22.7. The van der Waals surface area contributed by atoms with Crippen molar-refractivity contribution in [3.8, 4) is 0 Å². The van der Waals surface area contributed by atoms with Crippen molar-refractivity contribution in [3.05, 3.63) is 24.3 Å². The van der Waals surface area contributed by atoms with Crippen LogP contribution in [0.1, 0.15) is 96.8 Å². The molecule has 5 N–H and O–H groups in total. The zero-order valence-corrected chi connectivity index (χ0v) is 24.1. The summed E-state index contributed by atoms with van der Waals surface area (Å²) >= 11 is 4.00. The van der Waals surface area contributed by atoms with Crippen LogP contribution < -0.4 is 16.4 Å².